The highest BCUT2D eigenvalue weighted by Crippen LogP contribution is 2.45. The van der Waals surface area contributed by atoms with Crippen molar-refractivity contribution in [3.8, 4) is 0 Å². The van der Waals surface area contributed by atoms with Crippen molar-refractivity contribution in [1.82, 2.24) is 0 Å². The summed E-state index contributed by atoms with van der Waals surface area (Å²) in [5, 5.41) is 12.9. The van der Waals surface area contributed by atoms with Gasteiger partial charge in [-0.25, -0.2) is 5.11 Å². The smallest absolute Gasteiger partial charge is 0.324 e. The van der Waals surface area contributed by atoms with Gasteiger partial charge in [-0.15, -0.1) is 0 Å². The zero-order chi connectivity index (χ0) is 23.5. The maximum Gasteiger partial charge on any atom is 0.330 e. The van der Waals surface area contributed by atoms with Crippen LogP contribution < -0.4 is 0 Å². The highest BCUT2D eigenvalue weighted by molar-refractivity contribution is 7.99. The first-order valence-corrected chi connectivity index (χ1v) is 15.7. The molecule has 1 aromatic carbocycles. The molecule has 0 spiro atoms. The summed E-state index contributed by atoms with van der Waals surface area (Å²) in [5.41, 5.74) is 0.971. The molecule has 0 saturated carbocycles. The van der Waals surface area contributed by atoms with Crippen molar-refractivity contribution in [3.05, 3.63) is 35.9 Å². The van der Waals surface area contributed by atoms with Crippen LogP contribution in [0.25, 0.3) is 0 Å². The van der Waals surface area contributed by atoms with Crippen molar-refractivity contribution in [2.24, 2.45) is 0 Å². The Hall–Kier alpha value is -0.320. The third-order valence-electron chi connectivity index (χ3n) is 5.78. The van der Waals surface area contributed by atoms with Crippen LogP contribution in [0.5, 0.6) is 0 Å². The van der Waals surface area contributed by atoms with Gasteiger partial charge in [0, 0.05) is 5.92 Å². The molecular formula is C26H46O4PS. The van der Waals surface area contributed by atoms with Gasteiger partial charge in [-0.05, 0) is 42.8 Å². The van der Waals surface area contributed by atoms with Gasteiger partial charge in [0.25, 0.3) is 0 Å². The Morgan fingerprint density at radius 1 is 0.875 bits per heavy atom. The lowest BCUT2D eigenvalue weighted by molar-refractivity contribution is 0.0727. The molecule has 0 aliphatic carbocycles. The number of hydrogen-bond acceptors (Lipinski definition) is 3. The summed E-state index contributed by atoms with van der Waals surface area (Å²) in [6.45, 7) is 4.36. The molecule has 0 saturated heterocycles. The largest absolute Gasteiger partial charge is 0.330 e. The predicted octanol–water partition coefficient (Wildman–Crippen LogP) is 8.23. The fourth-order valence-corrected chi connectivity index (χ4v) is 6.22. The van der Waals surface area contributed by atoms with E-state index in [1.165, 1.54) is 62.9 Å². The Labute approximate surface area is 201 Å². The molecule has 1 aromatic rings. The molecule has 3 atom stereocenters. The van der Waals surface area contributed by atoms with Gasteiger partial charge in [-0.2, -0.15) is 11.8 Å². The second-order valence-corrected chi connectivity index (χ2v) is 11.9. The maximum absolute atomic E-state index is 12.9. The minimum atomic E-state index is -3.83. The lowest BCUT2D eigenvalue weighted by Crippen LogP contribution is -2.22. The topological polar surface area (TPSA) is 66.4 Å². The molecule has 0 aromatic heterocycles. The fourth-order valence-electron chi connectivity index (χ4n) is 3.92. The molecule has 32 heavy (non-hydrogen) atoms. The summed E-state index contributed by atoms with van der Waals surface area (Å²) >= 11 is 2.09. The highest BCUT2D eigenvalue weighted by atomic mass is 32.2. The van der Waals surface area contributed by atoms with E-state index in [4.69, 9.17) is 4.52 Å². The zero-order valence-corrected chi connectivity index (χ0v) is 22.1. The van der Waals surface area contributed by atoms with Gasteiger partial charge in [-0.1, -0.05) is 95.5 Å². The number of rotatable bonds is 21. The van der Waals surface area contributed by atoms with E-state index in [1.54, 1.807) is 0 Å². The third kappa shape index (κ3) is 14.8. The summed E-state index contributed by atoms with van der Waals surface area (Å²) in [5.74, 6) is 2.31. The van der Waals surface area contributed by atoms with Crippen molar-refractivity contribution < 1.29 is 19.1 Å². The lowest BCUT2D eigenvalue weighted by Gasteiger charge is -2.23. The van der Waals surface area contributed by atoms with Gasteiger partial charge in [0.2, 0.25) is 0 Å². The van der Waals surface area contributed by atoms with E-state index in [0.29, 0.717) is 6.42 Å². The normalized spacial score (nSPS) is 15.4. The van der Waals surface area contributed by atoms with Crippen LogP contribution in [0.3, 0.4) is 0 Å². The van der Waals surface area contributed by atoms with Crippen LogP contribution in [-0.4, -0.2) is 35.3 Å². The van der Waals surface area contributed by atoms with E-state index in [9.17, 15) is 14.6 Å². The summed E-state index contributed by atoms with van der Waals surface area (Å²) in [4.78, 5) is 10.0. The summed E-state index contributed by atoms with van der Waals surface area (Å²) in [6.07, 6.45) is 12.6. The van der Waals surface area contributed by atoms with Gasteiger partial charge in [-0.3, -0.25) is 4.57 Å². The minimum absolute atomic E-state index is 0.216. The van der Waals surface area contributed by atoms with Gasteiger partial charge in [0.05, 0.1) is 12.8 Å². The molecule has 0 bridgehead atoms. The molecule has 0 aliphatic heterocycles. The highest BCUT2D eigenvalue weighted by Gasteiger charge is 2.31. The summed E-state index contributed by atoms with van der Waals surface area (Å²) in [6, 6.07) is 9.73. The summed E-state index contributed by atoms with van der Waals surface area (Å²) < 4.78 is 17.3. The number of unbranched alkanes of at least 4 members (excludes halogenated alkanes) is 8. The van der Waals surface area contributed by atoms with Crippen molar-refractivity contribution in [2.75, 3.05) is 24.3 Å². The van der Waals surface area contributed by atoms with Crippen LogP contribution in [-0.2, 0) is 14.2 Å². The molecular weight excluding hydrogens is 439 g/mol. The van der Waals surface area contributed by atoms with Crippen molar-refractivity contribution >= 4 is 19.4 Å². The molecule has 4 nitrogen and oxygen atoms in total. The van der Waals surface area contributed by atoms with Gasteiger partial charge in [0.15, 0.2) is 0 Å². The Balaban J connectivity index is 2.28. The maximum atomic E-state index is 12.9. The quantitative estimate of drug-likeness (QED) is 0.141. The SMILES string of the molecule is CCCCCCCSCCCCCCCC(c1ccccc1)C([O])CP(=O)(O)OCCC. The molecule has 3 unspecified atom stereocenters. The van der Waals surface area contributed by atoms with Gasteiger partial charge in [0.1, 0.15) is 6.10 Å². The number of benzene rings is 1. The van der Waals surface area contributed by atoms with Crippen molar-refractivity contribution in [2.45, 2.75) is 103 Å². The number of hydrogen-bond donors (Lipinski definition) is 1. The van der Waals surface area contributed by atoms with Crippen molar-refractivity contribution in [1.29, 1.82) is 0 Å². The molecule has 1 N–H and O–H groups in total. The molecule has 0 aliphatic rings. The van der Waals surface area contributed by atoms with Crippen LogP contribution in [0.15, 0.2) is 30.3 Å². The number of thioether (sulfide) groups is 1. The second-order valence-electron chi connectivity index (χ2n) is 8.79. The average Bonchev–Trinajstić information content (AvgIpc) is 2.78. The van der Waals surface area contributed by atoms with E-state index in [1.807, 2.05) is 37.3 Å². The Bertz CT molecular complexity index is 599. The van der Waals surface area contributed by atoms with E-state index in [-0.39, 0.29) is 18.7 Å². The first-order chi connectivity index (χ1) is 15.5. The van der Waals surface area contributed by atoms with Crippen LogP contribution in [0.1, 0.15) is 102 Å². The lowest BCUT2D eigenvalue weighted by atomic mass is 9.89. The molecule has 1 rings (SSSR count). The first kappa shape index (κ1) is 29.7. The Morgan fingerprint density at radius 2 is 1.47 bits per heavy atom. The zero-order valence-electron chi connectivity index (χ0n) is 20.4. The van der Waals surface area contributed by atoms with E-state index in [2.05, 4.69) is 18.7 Å². The average molecular weight is 486 g/mol. The predicted molar refractivity (Wildman–Crippen MR) is 138 cm³/mol. The Morgan fingerprint density at radius 3 is 2.09 bits per heavy atom. The van der Waals surface area contributed by atoms with E-state index in [0.717, 1.165) is 24.8 Å². The fraction of sp³-hybridized carbons (Fsp3) is 0.769. The third-order valence-corrected chi connectivity index (χ3v) is 8.34. The molecule has 6 heteroatoms. The molecule has 1 radical (unpaired) electrons. The van der Waals surface area contributed by atoms with Crippen LogP contribution >= 0.6 is 19.4 Å². The molecule has 0 heterocycles. The van der Waals surface area contributed by atoms with Crippen LogP contribution in [0, 0.1) is 0 Å². The first-order valence-electron chi connectivity index (χ1n) is 12.7. The molecule has 185 valence electrons. The van der Waals surface area contributed by atoms with Crippen molar-refractivity contribution in [3.63, 3.8) is 0 Å². The van der Waals surface area contributed by atoms with Gasteiger partial charge >= 0.3 is 7.60 Å². The minimum Gasteiger partial charge on any atom is -0.324 e. The molecule has 0 fully saturated rings. The molecule has 0 amide bonds. The van der Waals surface area contributed by atoms with Crippen LogP contribution in [0.2, 0.25) is 0 Å². The standard InChI is InChI=1S/C26H46O4PS/c1-3-5-6-9-15-21-32-22-16-10-7-8-14-19-25(24-17-12-11-13-18-24)26(27)23-31(28,29)30-20-4-2/h11-13,17-18,25-26H,3-10,14-16,19-23H2,1-2H3,(H,28,29). The van der Waals surface area contributed by atoms with E-state index >= 15 is 0 Å². The summed E-state index contributed by atoms with van der Waals surface area (Å²) in [7, 11) is -3.83. The monoisotopic (exact) mass is 485 g/mol. The second kappa shape index (κ2) is 19.0. The van der Waals surface area contributed by atoms with E-state index < -0.39 is 13.7 Å². The Kier molecular flexibility index (Phi) is 17.7. The van der Waals surface area contributed by atoms with Crippen LogP contribution in [0.4, 0.5) is 0 Å². The van der Waals surface area contributed by atoms with Gasteiger partial charge < -0.3 is 9.42 Å².